The Morgan fingerprint density at radius 3 is 2.60 bits per heavy atom. The summed E-state index contributed by atoms with van der Waals surface area (Å²) in [6, 6.07) is 3.94. The van der Waals surface area contributed by atoms with Crippen molar-refractivity contribution in [2.24, 2.45) is 0 Å². The van der Waals surface area contributed by atoms with Crippen LogP contribution >= 0.6 is 0 Å². The van der Waals surface area contributed by atoms with Gasteiger partial charge in [0.25, 0.3) is 0 Å². The third-order valence-electron chi connectivity index (χ3n) is 4.99. The molecule has 0 unspecified atom stereocenters. The fourth-order valence-electron chi connectivity index (χ4n) is 3.28. The molecule has 0 aliphatic carbocycles. The zero-order valence-electron chi connectivity index (χ0n) is 15.5. The van der Waals surface area contributed by atoms with Crippen molar-refractivity contribution >= 4 is 11.0 Å². The fraction of sp³-hybridized carbons (Fsp3) is 0.421. The van der Waals surface area contributed by atoms with E-state index in [0.717, 1.165) is 54.2 Å². The van der Waals surface area contributed by atoms with Crippen molar-refractivity contribution in [3.8, 4) is 5.69 Å². The Kier molecular flexibility index (Phi) is 4.99. The minimum Gasteiger partial charge on any atom is -0.316 e. The van der Waals surface area contributed by atoms with Gasteiger partial charge in [0, 0.05) is 25.0 Å². The number of hydrogen-bond acceptors (Lipinski definition) is 4. The van der Waals surface area contributed by atoms with Crippen LogP contribution in [0.2, 0.25) is 0 Å². The number of likely N-dealkylation sites (N-methyl/N-ethyl adjacent to an activating group) is 1. The average Bonchev–Trinajstić information content (AvgIpc) is 2.89. The molecule has 0 atom stereocenters. The minimum atomic E-state index is 0.528. The molecule has 3 aromatic rings. The van der Waals surface area contributed by atoms with E-state index in [-0.39, 0.29) is 0 Å². The zero-order valence-corrected chi connectivity index (χ0v) is 15.5. The van der Waals surface area contributed by atoms with E-state index in [4.69, 9.17) is 5.41 Å². The smallest absolute Gasteiger partial charge is 0.150 e. The molecule has 25 heavy (non-hydrogen) atoms. The zero-order chi connectivity index (χ0) is 18.0. The molecule has 1 N–H and O–H groups in total. The highest BCUT2D eigenvalue weighted by Gasteiger charge is 2.16. The van der Waals surface area contributed by atoms with Crippen LogP contribution < -0.4 is 5.49 Å². The summed E-state index contributed by atoms with van der Waals surface area (Å²) in [6.45, 7) is 12.2. The second-order valence-corrected chi connectivity index (χ2v) is 6.27. The van der Waals surface area contributed by atoms with Crippen LogP contribution in [-0.2, 0) is 6.54 Å². The van der Waals surface area contributed by atoms with Gasteiger partial charge in [-0.3, -0.25) is 15.0 Å². The summed E-state index contributed by atoms with van der Waals surface area (Å²) in [5.74, 6) is 0. The summed E-state index contributed by atoms with van der Waals surface area (Å²) in [6.07, 6.45) is 5.39. The Morgan fingerprint density at radius 1 is 1.20 bits per heavy atom. The van der Waals surface area contributed by atoms with Gasteiger partial charge in [-0.05, 0) is 44.6 Å². The van der Waals surface area contributed by atoms with E-state index < -0.39 is 0 Å². The van der Waals surface area contributed by atoms with Crippen LogP contribution in [0.15, 0.2) is 30.9 Å². The second-order valence-electron chi connectivity index (χ2n) is 6.27. The number of hydrogen-bond donors (Lipinski definition) is 1. The first-order valence-electron chi connectivity index (χ1n) is 8.82. The van der Waals surface area contributed by atoms with Crippen LogP contribution in [0.25, 0.3) is 16.7 Å². The summed E-state index contributed by atoms with van der Waals surface area (Å²) < 4.78 is 4.03. The monoisotopic (exact) mass is 338 g/mol. The van der Waals surface area contributed by atoms with Gasteiger partial charge in [0.1, 0.15) is 5.49 Å². The van der Waals surface area contributed by atoms with Crippen molar-refractivity contribution < 1.29 is 0 Å². The van der Waals surface area contributed by atoms with Gasteiger partial charge in [-0.2, -0.15) is 0 Å². The molecule has 0 saturated carbocycles. The van der Waals surface area contributed by atoms with Crippen molar-refractivity contribution in [1.29, 1.82) is 5.41 Å². The Bertz CT molecular complexity index is 918. The van der Waals surface area contributed by atoms with Crippen LogP contribution in [0, 0.1) is 19.3 Å². The normalized spacial score (nSPS) is 11.6. The summed E-state index contributed by atoms with van der Waals surface area (Å²) >= 11 is 0. The van der Waals surface area contributed by atoms with E-state index in [2.05, 4.69) is 47.1 Å². The number of rotatable bonds is 6. The molecule has 0 aromatic carbocycles. The SMILES string of the molecule is CCN(CC)CCn1cnc2c(c(C)c(C)n2-c2cccnc2)c1=N. The number of aromatic nitrogens is 4. The summed E-state index contributed by atoms with van der Waals surface area (Å²) in [4.78, 5) is 11.3. The maximum absolute atomic E-state index is 8.69. The Morgan fingerprint density at radius 2 is 1.96 bits per heavy atom. The van der Waals surface area contributed by atoms with E-state index in [1.165, 1.54) is 0 Å². The van der Waals surface area contributed by atoms with Gasteiger partial charge < -0.3 is 9.47 Å². The molecule has 3 heterocycles. The van der Waals surface area contributed by atoms with Crippen LogP contribution in [0.5, 0.6) is 0 Å². The fourth-order valence-corrected chi connectivity index (χ4v) is 3.28. The van der Waals surface area contributed by atoms with Crippen molar-refractivity contribution in [3.05, 3.63) is 47.6 Å². The highest BCUT2D eigenvalue weighted by atomic mass is 15.2. The number of fused-ring (bicyclic) bond motifs is 1. The van der Waals surface area contributed by atoms with Gasteiger partial charge >= 0.3 is 0 Å². The Hall–Kier alpha value is -2.47. The molecule has 132 valence electrons. The van der Waals surface area contributed by atoms with Crippen LogP contribution in [-0.4, -0.2) is 43.6 Å². The third-order valence-corrected chi connectivity index (χ3v) is 4.99. The largest absolute Gasteiger partial charge is 0.316 e. The van der Waals surface area contributed by atoms with Gasteiger partial charge in [0.2, 0.25) is 0 Å². The van der Waals surface area contributed by atoms with Crippen molar-refractivity contribution in [1.82, 2.24) is 24.0 Å². The molecule has 0 fully saturated rings. The molecule has 0 saturated heterocycles. The maximum Gasteiger partial charge on any atom is 0.150 e. The summed E-state index contributed by atoms with van der Waals surface area (Å²) in [5, 5.41) is 9.61. The van der Waals surface area contributed by atoms with E-state index in [1.807, 2.05) is 22.9 Å². The number of nitrogens with zero attached hydrogens (tertiary/aromatic N) is 5. The molecule has 3 rings (SSSR count). The van der Waals surface area contributed by atoms with Crippen LogP contribution in [0.4, 0.5) is 0 Å². The first-order valence-corrected chi connectivity index (χ1v) is 8.82. The van der Waals surface area contributed by atoms with E-state index in [0.29, 0.717) is 5.49 Å². The van der Waals surface area contributed by atoms with Gasteiger partial charge in [-0.25, -0.2) is 4.98 Å². The van der Waals surface area contributed by atoms with Gasteiger partial charge in [0.05, 0.1) is 23.6 Å². The van der Waals surface area contributed by atoms with Gasteiger partial charge in [-0.1, -0.05) is 13.8 Å². The Balaban J connectivity index is 2.08. The molecule has 6 heteroatoms. The van der Waals surface area contributed by atoms with Gasteiger partial charge in [0.15, 0.2) is 5.65 Å². The number of aryl methyl sites for hydroxylation is 1. The Labute approximate surface area is 148 Å². The number of pyridine rings is 1. The van der Waals surface area contributed by atoms with E-state index in [9.17, 15) is 0 Å². The topological polar surface area (TPSA) is 62.7 Å². The first kappa shape index (κ1) is 17.4. The first-order chi connectivity index (χ1) is 12.1. The molecule has 0 bridgehead atoms. The maximum atomic E-state index is 8.69. The molecule has 3 aromatic heterocycles. The minimum absolute atomic E-state index is 0.528. The molecule has 0 amide bonds. The van der Waals surface area contributed by atoms with E-state index in [1.54, 1.807) is 12.5 Å². The highest BCUT2D eigenvalue weighted by Crippen LogP contribution is 2.24. The molecule has 0 aliphatic rings. The molecular formula is C19H26N6. The molecular weight excluding hydrogens is 312 g/mol. The lowest BCUT2D eigenvalue weighted by atomic mass is 10.2. The third kappa shape index (κ3) is 3.09. The predicted octanol–water partition coefficient (Wildman–Crippen LogP) is 2.66. The second kappa shape index (κ2) is 7.19. The van der Waals surface area contributed by atoms with Crippen LogP contribution in [0.3, 0.4) is 0 Å². The molecule has 0 spiro atoms. The number of nitrogens with one attached hydrogen (secondary N) is 1. The quantitative estimate of drug-likeness (QED) is 0.751. The molecule has 6 nitrogen and oxygen atoms in total. The lowest BCUT2D eigenvalue weighted by Crippen LogP contribution is -2.31. The molecule has 0 aliphatic heterocycles. The molecule has 0 radical (unpaired) electrons. The average molecular weight is 338 g/mol. The summed E-state index contributed by atoms with van der Waals surface area (Å²) in [7, 11) is 0. The predicted molar refractivity (Wildman–Crippen MR) is 100.0 cm³/mol. The van der Waals surface area contributed by atoms with Gasteiger partial charge in [-0.15, -0.1) is 0 Å². The lowest BCUT2D eigenvalue weighted by molar-refractivity contribution is 0.288. The standard InChI is InChI=1S/C19H26N6/c1-5-23(6-2)10-11-24-13-22-19-17(18(24)20)14(3)15(4)25(19)16-8-7-9-21-12-16/h7-9,12-13,20H,5-6,10-11H2,1-4H3. The van der Waals surface area contributed by atoms with Crippen molar-refractivity contribution in [2.45, 2.75) is 34.2 Å². The van der Waals surface area contributed by atoms with E-state index >= 15 is 0 Å². The highest BCUT2D eigenvalue weighted by molar-refractivity contribution is 5.82. The van der Waals surface area contributed by atoms with Crippen molar-refractivity contribution in [2.75, 3.05) is 19.6 Å². The summed E-state index contributed by atoms with van der Waals surface area (Å²) in [5.41, 5.74) is 4.54. The van der Waals surface area contributed by atoms with Crippen molar-refractivity contribution in [3.63, 3.8) is 0 Å². The van der Waals surface area contributed by atoms with Crippen LogP contribution in [0.1, 0.15) is 25.1 Å². The lowest BCUT2D eigenvalue weighted by Gasteiger charge is -2.18.